The van der Waals surface area contributed by atoms with E-state index in [4.69, 9.17) is 18.9 Å². The van der Waals surface area contributed by atoms with Crippen molar-refractivity contribution in [2.75, 3.05) is 44.4 Å². The summed E-state index contributed by atoms with van der Waals surface area (Å²) in [6.45, 7) is 3.59. The molecule has 0 N–H and O–H groups in total. The molecule has 8 heteroatoms. The molecule has 3 aliphatic heterocycles. The molecule has 0 bridgehead atoms. The summed E-state index contributed by atoms with van der Waals surface area (Å²) in [5, 5.41) is 1.33. The second-order valence-electron chi connectivity index (χ2n) is 9.10. The lowest BCUT2D eigenvalue weighted by Gasteiger charge is -2.24. The smallest absolute Gasteiger partial charge is 0.262 e. The predicted molar refractivity (Wildman–Crippen MR) is 125 cm³/mol. The zero-order valence-electron chi connectivity index (χ0n) is 18.9. The van der Waals surface area contributed by atoms with E-state index in [0.29, 0.717) is 61.8 Å². The number of rotatable bonds is 5. The highest BCUT2D eigenvalue weighted by Gasteiger charge is 2.43. The first-order chi connectivity index (χ1) is 16.6. The Morgan fingerprint density at radius 3 is 2.76 bits per heavy atom. The van der Waals surface area contributed by atoms with Crippen LogP contribution in [0.3, 0.4) is 0 Å². The van der Waals surface area contributed by atoms with Crippen LogP contribution in [-0.4, -0.2) is 56.0 Å². The number of nitrogens with zero attached hydrogens (tertiary/aromatic N) is 2. The Labute approximate surface area is 196 Å². The monoisotopic (exact) mass is 466 g/mol. The Morgan fingerprint density at radius 1 is 1.09 bits per heavy atom. The highest BCUT2D eigenvalue weighted by molar-refractivity contribution is 5.83. The summed E-state index contributed by atoms with van der Waals surface area (Å²) in [4.78, 5) is 15.1. The molecule has 7 nitrogen and oxygen atoms in total. The van der Waals surface area contributed by atoms with Crippen molar-refractivity contribution in [2.24, 2.45) is 0 Å². The second-order valence-corrected chi connectivity index (χ2v) is 9.10. The first kappa shape index (κ1) is 21.6. The fraction of sp³-hybridized carbons (Fsp3) is 0.423. The average Bonchev–Trinajstić information content (AvgIpc) is 3.62. The first-order valence-corrected chi connectivity index (χ1v) is 11.8. The lowest BCUT2D eigenvalue weighted by molar-refractivity contribution is -0.137. The van der Waals surface area contributed by atoms with Crippen LogP contribution in [0.2, 0.25) is 0 Å². The van der Waals surface area contributed by atoms with E-state index in [9.17, 15) is 4.79 Å². The summed E-state index contributed by atoms with van der Waals surface area (Å²) in [7, 11) is 0. The number of hydrogen-bond donors (Lipinski definition) is 0. The topological polar surface area (TPSA) is 62.2 Å². The molecular weight excluding hydrogens is 439 g/mol. The normalized spacial score (nSPS) is 21.7. The van der Waals surface area contributed by atoms with Crippen molar-refractivity contribution in [3.05, 3.63) is 64.8 Å². The second kappa shape index (κ2) is 8.69. The van der Waals surface area contributed by atoms with E-state index in [-0.39, 0.29) is 17.5 Å². The van der Waals surface area contributed by atoms with Crippen molar-refractivity contribution in [3.63, 3.8) is 0 Å². The van der Waals surface area contributed by atoms with Gasteiger partial charge in [-0.25, -0.2) is 4.39 Å². The third-order valence-electron chi connectivity index (χ3n) is 6.89. The van der Waals surface area contributed by atoms with E-state index in [1.54, 1.807) is 30.5 Å². The van der Waals surface area contributed by atoms with Gasteiger partial charge < -0.3 is 23.8 Å². The lowest BCUT2D eigenvalue weighted by Crippen LogP contribution is -2.34. The lowest BCUT2D eigenvalue weighted by atomic mass is 10.1. The van der Waals surface area contributed by atoms with Gasteiger partial charge >= 0.3 is 0 Å². The minimum atomic E-state index is -0.618. The summed E-state index contributed by atoms with van der Waals surface area (Å²) >= 11 is 0. The summed E-state index contributed by atoms with van der Waals surface area (Å²) in [6, 6.07) is 12.2. The number of ether oxygens (including phenoxy) is 4. The van der Waals surface area contributed by atoms with Crippen LogP contribution in [0, 0.1) is 5.82 Å². The number of halogens is 1. The molecule has 0 unspecified atom stereocenters. The Bertz CT molecular complexity index is 1260. The summed E-state index contributed by atoms with van der Waals surface area (Å²) in [6.07, 6.45) is 4.58. The molecule has 34 heavy (non-hydrogen) atoms. The van der Waals surface area contributed by atoms with Crippen LogP contribution in [0.15, 0.2) is 53.5 Å². The van der Waals surface area contributed by atoms with Gasteiger partial charge in [0.2, 0.25) is 0 Å². The highest BCUT2D eigenvalue weighted by atomic mass is 19.1. The van der Waals surface area contributed by atoms with Crippen LogP contribution in [0.25, 0.3) is 16.5 Å². The minimum absolute atomic E-state index is 0.130. The Kier molecular flexibility index (Phi) is 5.51. The fourth-order valence-corrected chi connectivity index (χ4v) is 5.08. The van der Waals surface area contributed by atoms with Crippen LogP contribution in [0.1, 0.15) is 19.3 Å². The molecule has 3 saturated heterocycles. The van der Waals surface area contributed by atoms with Gasteiger partial charge in [-0.2, -0.15) is 0 Å². The van der Waals surface area contributed by atoms with Gasteiger partial charge in [0.1, 0.15) is 18.2 Å². The summed E-state index contributed by atoms with van der Waals surface area (Å²) in [5.41, 5.74) is 0.763. The Balaban J connectivity index is 1.23. The quantitative estimate of drug-likeness (QED) is 0.572. The maximum absolute atomic E-state index is 15.1. The van der Waals surface area contributed by atoms with E-state index in [1.807, 2.05) is 17.0 Å². The first-order valence-electron chi connectivity index (χ1n) is 11.8. The van der Waals surface area contributed by atoms with Gasteiger partial charge in [-0.3, -0.25) is 9.36 Å². The van der Waals surface area contributed by atoms with Gasteiger partial charge in [0.15, 0.2) is 5.79 Å². The van der Waals surface area contributed by atoms with Crippen molar-refractivity contribution >= 4 is 16.5 Å². The standard InChI is InChI=1S/C26H27FN2O5/c27-23-15-19(3-6-24(23)28-10-8-26(17-28)33-12-13-34-26)29-9-7-18-14-20(4-5-22(18)25(29)30)32-16-21-2-1-11-31-21/h3-7,9,14-15,21H,1-2,8,10-13,16-17H2/t21-/m1/s1. The third kappa shape index (κ3) is 3.96. The van der Waals surface area contributed by atoms with Crippen molar-refractivity contribution in [1.82, 2.24) is 4.57 Å². The van der Waals surface area contributed by atoms with Gasteiger partial charge in [-0.1, -0.05) is 0 Å². The number of anilines is 1. The fourth-order valence-electron chi connectivity index (χ4n) is 5.08. The highest BCUT2D eigenvalue weighted by Crippen LogP contribution is 2.35. The molecule has 0 aliphatic carbocycles. The van der Waals surface area contributed by atoms with Crippen molar-refractivity contribution < 1.29 is 23.3 Å². The summed E-state index contributed by atoms with van der Waals surface area (Å²) in [5.74, 6) is -0.292. The number of hydrogen-bond acceptors (Lipinski definition) is 6. The van der Waals surface area contributed by atoms with E-state index in [1.165, 1.54) is 10.6 Å². The van der Waals surface area contributed by atoms with Crippen molar-refractivity contribution in [3.8, 4) is 11.4 Å². The van der Waals surface area contributed by atoms with Crippen LogP contribution in [0.5, 0.6) is 5.75 Å². The maximum atomic E-state index is 15.1. The van der Waals surface area contributed by atoms with Gasteiger partial charge in [0.05, 0.1) is 37.2 Å². The molecule has 1 atom stereocenters. The van der Waals surface area contributed by atoms with Gasteiger partial charge in [-0.05, 0) is 54.6 Å². The molecular formula is C26H27FN2O5. The molecule has 0 saturated carbocycles. The van der Waals surface area contributed by atoms with E-state index in [2.05, 4.69) is 0 Å². The number of fused-ring (bicyclic) bond motifs is 1. The molecule has 6 rings (SSSR count). The van der Waals surface area contributed by atoms with Gasteiger partial charge in [0.25, 0.3) is 5.56 Å². The van der Waals surface area contributed by atoms with Crippen LogP contribution >= 0.6 is 0 Å². The molecule has 178 valence electrons. The van der Waals surface area contributed by atoms with Crippen LogP contribution in [0.4, 0.5) is 10.1 Å². The van der Waals surface area contributed by atoms with Crippen molar-refractivity contribution in [2.45, 2.75) is 31.2 Å². The number of aromatic nitrogens is 1. The zero-order chi connectivity index (χ0) is 23.1. The molecule has 3 fully saturated rings. The molecule has 0 radical (unpaired) electrons. The molecule has 1 spiro atoms. The van der Waals surface area contributed by atoms with E-state index < -0.39 is 5.79 Å². The van der Waals surface area contributed by atoms with Gasteiger partial charge in [0, 0.05) is 37.2 Å². The molecule has 3 aromatic rings. The van der Waals surface area contributed by atoms with E-state index in [0.717, 1.165) is 24.8 Å². The largest absolute Gasteiger partial charge is 0.491 e. The zero-order valence-corrected chi connectivity index (χ0v) is 18.9. The molecule has 1 aromatic heterocycles. The molecule has 4 heterocycles. The third-order valence-corrected chi connectivity index (χ3v) is 6.89. The van der Waals surface area contributed by atoms with Crippen molar-refractivity contribution in [1.29, 1.82) is 0 Å². The predicted octanol–water partition coefficient (Wildman–Crippen LogP) is 3.64. The molecule has 0 amide bonds. The number of benzene rings is 2. The maximum Gasteiger partial charge on any atom is 0.262 e. The van der Waals surface area contributed by atoms with E-state index >= 15 is 4.39 Å². The van der Waals surface area contributed by atoms with Crippen LogP contribution < -0.4 is 15.2 Å². The van der Waals surface area contributed by atoms with Gasteiger partial charge in [-0.15, -0.1) is 0 Å². The summed E-state index contributed by atoms with van der Waals surface area (Å²) < 4.78 is 39.5. The average molecular weight is 467 g/mol. The SMILES string of the molecule is O=c1c2ccc(OC[C@H]3CCCO3)cc2ccn1-c1ccc(N2CCC3(C2)OCCO3)c(F)c1. The Morgan fingerprint density at radius 2 is 1.97 bits per heavy atom. The Hall–Kier alpha value is -2.94. The van der Waals surface area contributed by atoms with Crippen LogP contribution in [-0.2, 0) is 14.2 Å². The minimum Gasteiger partial charge on any atom is -0.491 e. The number of pyridine rings is 1. The molecule has 2 aromatic carbocycles. The molecule has 3 aliphatic rings.